The summed E-state index contributed by atoms with van der Waals surface area (Å²) in [7, 11) is -2.05. The van der Waals surface area contributed by atoms with Crippen molar-refractivity contribution < 1.29 is 13.8 Å². The van der Waals surface area contributed by atoms with Crippen LogP contribution in [0.15, 0.2) is 0 Å². The van der Waals surface area contributed by atoms with Gasteiger partial charge in [-0.3, -0.25) is 9.59 Å². The summed E-state index contributed by atoms with van der Waals surface area (Å²) in [6.07, 6.45) is 8.58. The molecule has 0 bridgehead atoms. The molecule has 3 nitrogen and oxygen atoms in total. The number of carbonyl (C=O) groups excluding carboxylic acids is 2. The third-order valence-corrected chi connectivity index (χ3v) is 6.39. The summed E-state index contributed by atoms with van der Waals surface area (Å²) in [6, 6.07) is 0. The number of carbonyl (C=O) groups is 2. The minimum absolute atomic E-state index is 0.192. The van der Waals surface area contributed by atoms with E-state index in [-0.39, 0.29) is 11.0 Å². The minimum atomic E-state index is -2.05. The Kier molecular flexibility index (Phi) is 5.18. The van der Waals surface area contributed by atoms with E-state index in [2.05, 4.69) is 0 Å². The minimum Gasteiger partial charge on any atom is -0.284 e. The summed E-state index contributed by atoms with van der Waals surface area (Å²) < 4.78 is 12.2. The van der Waals surface area contributed by atoms with Crippen LogP contribution in [-0.4, -0.2) is 19.3 Å². The smallest absolute Gasteiger partial charge is 0.247 e. The predicted octanol–water partition coefficient (Wildman–Crippen LogP) is 3.31. The Morgan fingerprint density at radius 2 is 1.47 bits per heavy atom. The van der Waals surface area contributed by atoms with Gasteiger partial charge in [0.05, 0.1) is 0 Å². The van der Waals surface area contributed by atoms with Crippen molar-refractivity contribution in [2.24, 2.45) is 5.92 Å². The first-order chi connectivity index (χ1) is 9.04. The van der Waals surface area contributed by atoms with Crippen LogP contribution in [0.4, 0.5) is 0 Å². The summed E-state index contributed by atoms with van der Waals surface area (Å²) in [6.45, 7) is 0. The molecular formula is C14H21ClO3S. The van der Waals surface area contributed by atoms with Gasteiger partial charge >= 0.3 is 0 Å². The van der Waals surface area contributed by atoms with Gasteiger partial charge in [0, 0.05) is 5.92 Å². The molecule has 0 aromatic heterocycles. The second kappa shape index (κ2) is 6.49. The fourth-order valence-corrected chi connectivity index (χ4v) is 4.80. The van der Waals surface area contributed by atoms with Gasteiger partial charge in [0.1, 0.15) is 4.87 Å². The molecular weight excluding hydrogens is 284 g/mol. The van der Waals surface area contributed by atoms with Crippen molar-refractivity contribution in [3.8, 4) is 0 Å². The van der Waals surface area contributed by atoms with Crippen molar-refractivity contribution in [2.75, 3.05) is 0 Å². The first-order valence-electron chi connectivity index (χ1n) is 7.23. The van der Waals surface area contributed by atoms with E-state index in [9.17, 15) is 13.8 Å². The van der Waals surface area contributed by atoms with Gasteiger partial charge in [-0.05, 0) is 25.7 Å². The van der Waals surface area contributed by atoms with Gasteiger partial charge in [-0.25, -0.2) is 4.21 Å². The second-order valence-electron chi connectivity index (χ2n) is 5.74. The maximum Gasteiger partial charge on any atom is 0.247 e. The summed E-state index contributed by atoms with van der Waals surface area (Å²) in [5.74, 6) is -0.192. The number of hydrogen-bond acceptors (Lipinski definition) is 3. The summed E-state index contributed by atoms with van der Waals surface area (Å²) in [4.78, 5) is 23.3. The first kappa shape index (κ1) is 15.2. The Hall–Kier alpha value is -0.220. The SMILES string of the molecule is O=C(C1CCCCC1)S(=O)C(=O)C1(Cl)CCCCC1. The Bertz CT molecular complexity index is 382. The molecule has 2 aliphatic carbocycles. The lowest BCUT2D eigenvalue weighted by Crippen LogP contribution is -2.40. The summed E-state index contributed by atoms with van der Waals surface area (Å²) in [5.41, 5.74) is 0. The number of rotatable bonds is 2. The average Bonchev–Trinajstić information content (AvgIpc) is 2.46. The Balaban J connectivity index is 2.01. The van der Waals surface area contributed by atoms with Gasteiger partial charge in [-0.15, -0.1) is 11.6 Å². The molecule has 108 valence electrons. The Labute approximate surface area is 121 Å². The Morgan fingerprint density at radius 3 is 2.05 bits per heavy atom. The summed E-state index contributed by atoms with van der Waals surface area (Å²) >= 11 is 6.31. The molecule has 0 heterocycles. The van der Waals surface area contributed by atoms with E-state index in [0.29, 0.717) is 12.8 Å². The Morgan fingerprint density at radius 1 is 0.947 bits per heavy atom. The molecule has 0 radical (unpaired) electrons. The lowest BCUT2D eigenvalue weighted by atomic mass is 9.89. The van der Waals surface area contributed by atoms with Crippen LogP contribution in [0.1, 0.15) is 64.2 Å². The fraction of sp³-hybridized carbons (Fsp3) is 0.857. The van der Waals surface area contributed by atoms with Crippen LogP contribution < -0.4 is 0 Å². The quantitative estimate of drug-likeness (QED) is 0.735. The lowest BCUT2D eigenvalue weighted by molar-refractivity contribution is -0.117. The van der Waals surface area contributed by atoms with Crippen molar-refractivity contribution in [1.29, 1.82) is 0 Å². The van der Waals surface area contributed by atoms with E-state index in [0.717, 1.165) is 51.4 Å². The molecule has 0 aromatic rings. The van der Waals surface area contributed by atoms with E-state index < -0.39 is 20.8 Å². The molecule has 5 heteroatoms. The molecule has 0 saturated heterocycles. The van der Waals surface area contributed by atoms with Crippen LogP contribution in [0.3, 0.4) is 0 Å². The van der Waals surface area contributed by atoms with Crippen molar-refractivity contribution >= 4 is 32.6 Å². The standard InChI is InChI=1S/C14H21ClO3S/c15-14(9-5-2-6-10-14)13(17)19(18)12(16)11-7-3-1-4-8-11/h11H,1-10H2. The van der Waals surface area contributed by atoms with Gasteiger partial charge in [-0.2, -0.15) is 0 Å². The molecule has 1 unspecified atom stereocenters. The van der Waals surface area contributed by atoms with Gasteiger partial charge in [0.2, 0.25) is 10.2 Å². The average molecular weight is 305 g/mol. The lowest BCUT2D eigenvalue weighted by Gasteiger charge is -2.29. The normalized spacial score (nSPS) is 25.7. The number of hydrogen-bond donors (Lipinski definition) is 0. The zero-order valence-corrected chi connectivity index (χ0v) is 12.7. The van der Waals surface area contributed by atoms with Crippen molar-refractivity contribution in [1.82, 2.24) is 0 Å². The zero-order valence-electron chi connectivity index (χ0n) is 11.2. The molecule has 0 aliphatic heterocycles. The van der Waals surface area contributed by atoms with E-state index in [1.807, 2.05) is 0 Å². The van der Waals surface area contributed by atoms with Crippen LogP contribution in [-0.2, 0) is 20.4 Å². The molecule has 0 N–H and O–H groups in total. The van der Waals surface area contributed by atoms with E-state index in [4.69, 9.17) is 11.6 Å². The van der Waals surface area contributed by atoms with Crippen LogP contribution >= 0.6 is 11.6 Å². The van der Waals surface area contributed by atoms with Crippen LogP contribution in [0.2, 0.25) is 0 Å². The zero-order chi connectivity index (χ0) is 13.9. The van der Waals surface area contributed by atoms with Gasteiger partial charge in [0.25, 0.3) is 0 Å². The number of alkyl halides is 1. The molecule has 1 atom stereocenters. The van der Waals surface area contributed by atoms with Gasteiger partial charge < -0.3 is 0 Å². The molecule has 0 amide bonds. The van der Waals surface area contributed by atoms with E-state index >= 15 is 0 Å². The fourth-order valence-electron chi connectivity index (χ4n) is 3.06. The molecule has 2 fully saturated rings. The van der Waals surface area contributed by atoms with Crippen LogP contribution in [0.25, 0.3) is 0 Å². The highest BCUT2D eigenvalue weighted by Gasteiger charge is 2.43. The first-order valence-corrected chi connectivity index (χ1v) is 8.76. The van der Waals surface area contributed by atoms with Gasteiger partial charge in [-0.1, -0.05) is 38.5 Å². The highest BCUT2D eigenvalue weighted by atomic mass is 35.5. The third-order valence-electron chi connectivity index (χ3n) is 4.30. The highest BCUT2D eigenvalue weighted by Crippen LogP contribution is 2.36. The highest BCUT2D eigenvalue weighted by molar-refractivity contribution is 8.13. The van der Waals surface area contributed by atoms with E-state index in [1.165, 1.54) is 0 Å². The third kappa shape index (κ3) is 3.46. The molecule has 2 aliphatic rings. The van der Waals surface area contributed by atoms with Crippen molar-refractivity contribution in [3.63, 3.8) is 0 Å². The predicted molar refractivity (Wildman–Crippen MR) is 76.4 cm³/mol. The maximum atomic E-state index is 12.3. The monoisotopic (exact) mass is 304 g/mol. The van der Waals surface area contributed by atoms with Crippen molar-refractivity contribution in [3.05, 3.63) is 0 Å². The maximum absolute atomic E-state index is 12.3. The topological polar surface area (TPSA) is 51.2 Å². The van der Waals surface area contributed by atoms with Gasteiger partial charge in [0.15, 0.2) is 10.8 Å². The second-order valence-corrected chi connectivity index (χ2v) is 7.77. The van der Waals surface area contributed by atoms with E-state index in [1.54, 1.807) is 0 Å². The molecule has 0 spiro atoms. The summed E-state index contributed by atoms with van der Waals surface area (Å²) in [5, 5.41) is -0.917. The van der Waals surface area contributed by atoms with Crippen LogP contribution in [0.5, 0.6) is 0 Å². The largest absolute Gasteiger partial charge is 0.284 e. The molecule has 19 heavy (non-hydrogen) atoms. The molecule has 0 aromatic carbocycles. The number of halogens is 1. The molecule has 2 rings (SSSR count). The molecule has 2 saturated carbocycles. The van der Waals surface area contributed by atoms with Crippen LogP contribution in [0, 0.1) is 5.92 Å². The van der Waals surface area contributed by atoms with Crippen molar-refractivity contribution in [2.45, 2.75) is 69.1 Å².